The minimum absolute atomic E-state index is 0.0554. The molecule has 6 nitrogen and oxygen atoms in total. The first-order valence-electron chi connectivity index (χ1n) is 13.8. The largest absolute Gasteiger partial charge is 0.478 e. The molecular formula is C31H44N2O4. The minimum Gasteiger partial charge on any atom is -0.478 e. The molecule has 2 heterocycles. The molecule has 1 aliphatic carbocycles. The van der Waals surface area contributed by atoms with E-state index in [1.54, 1.807) is 0 Å². The first-order valence-corrected chi connectivity index (χ1v) is 13.8. The molecule has 1 fully saturated rings. The lowest BCUT2D eigenvalue weighted by atomic mass is 9.63. The van der Waals surface area contributed by atoms with Gasteiger partial charge >= 0.3 is 0 Å². The SMILES string of the molecule is CC1CCC(c2ccc3c(c2)CN(C(C)(C)CO)CO3)(c2ccc3c(c2)CN(C(C)(C)CO)CO3)CC1. The van der Waals surface area contributed by atoms with Crippen molar-refractivity contribution in [1.29, 1.82) is 0 Å². The van der Waals surface area contributed by atoms with E-state index in [2.05, 4.69) is 80.8 Å². The summed E-state index contributed by atoms with van der Waals surface area (Å²) >= 11 is 0. The summed E-state index contributed by atoms with van der Waals surface area (Å²) in [5, 5.41) is 19.8. The number of benzene rings is 2. The van der Waals surface area contributed by atoms with Crippen molar-refractivity contribution in [3.63, 3.8) is 0 Å². The molecule has 6 heteroatoms. The predicted molar refractivity (Wildman–Crippen MR) is 146 cm³/mol. The molecule has 0 aromatic heterocycles. The van der Waals surface area contributed by atoms with Crippen molar-refractivity contribution in [1.82, 2.24) is 9.80 Å². The second-order valence-corrected chi connectivity index (χ2v) is 12.8. The van der Waals surface area contributed by atoms with E-state index in [1.165, 1.54) is 35.1 Å². The number of nitrogens with zero attached hydrogens (tertiary/aromatic N) is 2. The quantitative estimate of drug-likeness (QED) is 0.571. The summed E-state index contributed by atoms with van der Waals surface area (Å²) in [6.45, 7) is 13.3. The van der Waals surface area contributed by atoms with E-state index in [1.807, 2.05) is 0 Å². The molecule has 0 unspecified atom stereocenters. The van der Waals surface area contributed by atoms with Gasteiger partial charge in [-0.05, 0) is 94.7 Å². The van der Waals surface area contributed by atoms with Crippen LogP contribution in [0.15, 0.2) is 36.4 Å². The minimum atomic E-state index is -0.335. The molecule has 0 atom stereocenters. The lowest BCUT2D eigenvalue weighted by Crippen LogP contribution is -2.49. The third-order valence-electron chi connectivity index (χ3n) is 9.31. The Balaban J connectivity index is 1.52. The third-order valence-corrected chi connectivity index (χ3v) is 9.31. The summed E-state index contributed by atoms with van der Waals surface area (Å²) in [4.78, 5) is 4.42. The van der Waals surface area contributed by atoms with E-state index in [4.69, 9.17) is 9.47 Å². The fourth-order valence-corrected chi connectivity index (χ4v) is 6.06. The van der Waals surface area contributed by atoms with Crippen molar-refractivity contribution in [2.24, 2.45) is 5.92 Å². The molecule has 0 saturated heterocycles. The van der Waals surface area contributed by atoms with E-state index in [0.717, 1.165) is 43.3 Å². The van der Waals surface area contributed by atoms with Crippen LogP contribution in [-0.4, -0.2) is 57.8 Å². The maximum atomic E-state index is 9.92. The van der Waals surface area contributed by atoms with Crippen LogP contribution >= 0.6 is 0 Å². The summed E-state index contributed by atoms with van der Waals surface area (Å²) in [5.41, 5.74) is 4.38. The first-order chi connectivity index (χ1) is 17.6. The van der Waals surface area contributed by atoms with Crippen LogP contribution in [0.3, 0.4) is 0 Å². The van der Waals surface area contributed by atoms with Crippen LogP contribution in [-0.2, 0) is 18.5 Å². The lowest BCUT2D eigenvalue weighted by Gasteiger charge is -2.44. The Kier molecular flexibility index (Phi) is 7.07. The second-order valence-electron chi connectivity index (χ2n) is 12.8. The van der Waals surface area contributed by atoms with Crippen molar-refractivity contribution in [2.45, 2.75) is 89.9 Å². The van der Waals surface area contributed by atoms with Crippen LogP contribution in [0, 0.1) is 5.92 Å². The standard InChI is InChI=1S/C31H44N2O4/c1-22-10-12-31(13-11-22,25-6-8-27-23(14-25)16-32(20-36-27)29(2,3)18-34)26-7-9-28-24(15-26)17-33(21-37-28)30(4,5)19-35/h6-9,14-15,22,34-35H,10-13,16-21H2,1-5H3. The van der Waals surface area contributed by atoms with Crippen LogP contribution < -0.4 is 9.47 Å². The van der Waals surface area contributed by atoms with Gasteiger partial charge in [0, 0.05) is 40.7 Å². The Morgan fingerprint density at radius 3 is 1.62 bits per heavy atom. The van der Waals surface area contributed by atoms with Crippen molar-refractivity contribution >= 4 is 0 Å². The van der Waals surface area contributed by atoms with E-state index < -0.39 is 0 Å². The van der Waals surface area contributed by atoms with E-state index in [0.29, 0.717) is 13.5 Å². The molecular weight excluding hydrogens is 464 g/mol. The highest BCUT2D eigenvalue weighted by molar-refractivity contribution is 5.49. The zero-order valence-corrected chi connectivity index (χ0v) is 23.2. The molecule has 202 valence electrons. The smallest absolute Gasteiger partial charge is 0.142 e. The van der Waals surface area contributed by atoms with Crippen LogP contribution in [0.2, 0.25) is 0 Å². The van der Waals surface area contributed by atoms with Gasteiger partial charge in [0.25, 0.3) is 0 Å². The third kappa shape index (κ3) is 4.89. The van der Waals surface area contributed by atoms with Crippen LogP contribution in [0.4, 0.5) is 0 Å². The van der Waals surface area contributed by atoms with Gasteiger partial charge < -0.3 is 19.7 Å². The highest BCUT2D eigenvalue weighted by Gasteiger charge is 2.40. The molecule has 1 saturated carbocycles. The fraction of sp³-hybridized carbons (Fsp3) is 0.613. The molecule has 3 aliphatic rings. The normalized spacial score (nSPS) is 21.1. The molecule has 0 spiro atoms. The van der Waals surface area contributed by atoms with Crippen molar-refractivity contribution in [3.8, 4) is 11.5 Å². The number of ether oxygens (including phenoxy) is 2. The highest BCUT2D eigenvalue weighted by atomic mass is 16.5. The molecule has 2 aromatic carbocycles. The summed E-state index contributed by atoms with van der Waals surface area (Å²) in [6, 6.07) is 13.6. The summed E-state index contributed by atoms with van der Waals surface area (Å²) in [6.07, 6.45) is 4.64. The number of hydrogen-bond donors (Lipinski definition) is 2. The van der Waals surface area contributed by atoms with Gasteiger partial charge in [-0.25, -0.2) is 0 Å². The molecule has 5 rings (SSSR count). The van der Waals surface area contributed by atoms with Gasteiger partial charge in [-0.3, -0.25) is 9.80 Å². The number of fused-ring (bicyclic) bond motifs is 2. The Bertz CT molecular complexity index is 1040. The monoisotopic (exact) mass is 508 g/mol. The van der Waals surface area contributed by atoms with Crippen LogP contribution in [0.1, 0.15) is 82.6 Å². The average Bonchev–Trinajstić information content (AvgIpc) is 2.92. The zero-order valence-electron chi connectivity index (χ0n) is 23.2. The molecule has 0 amide bonds. The summed E-state index contributed by atoms with van der Waals surface area (Å²) in [7, 11) is 0. The highest BCUT2D eigenvalue weighted by Crippen LogP contribution is 2.49. The molecule has 2 aromatic rings. The summed E-state index contributed by atoms with van der Waals surface area (Å²) < 4.78 is 12.2. The number of hydrogen-bond acceptors (Lipinski definition) is 6. The molecule has 0 radical (unpaired) electrons. The van der Waals surface area contributed by atoms with Crippen molar-refractivity contribution in [2.75, 3.05) is 26.7 Å². The van der Waals surface area contributed by atoms with Gasteiger partial charge in [-0.2, -0.15) is 0 Å². The summed E-state index contributed by atoms with van der Waals surface area (Å²) in [5.74, 6) is 2.64. The second kappa shape index (κ2) is 9.88. The van der Waals surface area contributed by atoms with Gasteiger partial charge in [-0.1, -0.05) is 19.1 Å². The Morgan fingerprint density at radius 2 is 1.22 bits per heavy atom. The van der Waals surface area contributed by atoms with Crippen molar-refractivity contribution < 1.29 is 19.7 Å². The number of rotatable bonds is 6. The van der Waals surface area contributed by atoms with Crippen molar-refractivity contribution in [3.05, 3.63) is 58.7 Å². The van der Waals surface area contributed by atoms with E-state index in [-0.39, 0.29) is 29.7 Å². The van der Waals surface area contributed by atoms with Crippen LogP contribution in [0.25, 0.3) is 0 Å². The molecule has 0 bridgehead atoms. The topological polar surface area (TPSA) is 65.4 Å². The van der Waals surface area contributed by atoms with Gasteiger partial charge in [-0.15, -0.1) is 0 Å². The zero-order chi connectivity index (χ0) is 26.4. The number of aliphatic hydroxyl groups is 2. The predicted octanol–water partition coefficient (Wildman–Crippen LogP) is 5.03. The average molecular weight is 509 g/mol. The molecule has 37 heavy (non-hydrogen) atoms. The molecule has 2 aliphatic heterocycles. The number of aliphatic hydroxyl groups excluding tert-OH is 2. The van der Waals surface area contributed by atoms with Gasteiger partial charge in [0.1, 0.15) is 25.0 Å². The Labute approximate surface area is 222 Å². The lowest BCUT2D eigenvalue weighted by molar-refractivity contribution is -0.0168. The van der Waals surface area contributed by atoms with Crippen LogP contribution in [0.5, 0.6) is 11.5 Å². The van der Waals surface area contributed by atoms with Gasteiger partial charge in [0.2, 0.25) is 0 Å². The first kappa shape index (κ1) is 26.5. The van der Waals surface area contributed by atoms with E-state index >= 15 is 0 Å². The van der Waals surface area contributed by atoms with Gasteiger partial charge in [0.05, 0.1) is 13.2 Å². The van der Waals surface area contributed by atoms with E-state index in [9.17, 15) is 10.2 Å². The maximum absolute atomic E-state index is 9.92. The fourth-order valence-electron chi connectivity index (χ4n) is 6.06. The molecule has 2 N–H and O–H groups in total. The Hall–Kier alpha value is -2.12. The van der Waals surface area contributed by atoms with Gasteiger partial charge in [0.15, 0.2) is 0 Å². The maximum Gasteiger partial charge on any atom is 0.142 e. The Morgan fingerprint density at radius 1 is 0.784 bits per heavy atom.